The predicted octanol–water partition coefficient (Wildman–Crippen LogP) is 4.56. The first kappa shape index (κ1) is 24.8. The van der Waals surface area contributed by atoms with E-state index in [0.717, 1.165) is 30.4 Å². The predicted molar refractivity (Wildman–Crippen MR) is 133 cm³/mol. The molecule has 7 heteroatoms. The molecule has 2 amide bonds. The third-order valence-electron chi connectivity index (χ3n) is 7.26. The van der Waals surface area contributed by atoms with Crippen LogP contribution in [0.2, 0.25) is 0 Å². The van der Waals surface area contributed by atoms with Crippen molar-refractivity contribution in [3.63, 3.8) is 0 Å². The molecule has 0 radical (unpaired) electrons. The van der Waals surface area contributed by atoms with Crippen LogP contribution in [0.1, 0.15) is 56.1 Å². The number of rotatable bonds is 9. The highest BCUT2D eigenvalue weighted by molar-refractivity contribution is 5.79. The number of carbonyl (C=O) groups excluding carboxylic acids is 2. The normalized spacial score (nSPS) is 19.8. The Bertz CT molecular complexity index is 1020. The van der Waals surface area contributed by atoms with E-state index in [1.807, 2.05) is 31.2 Å². The van der Waals surface area contributed by atoms with Gasteiger partial charge in [0, 0.05) is 25.4 Å². The van der Waals surface area contributed by atoms with E-state index in [2.05, 4.69) is 34.9 Å². The van der Waals surface area contributed by atoms with E-state index in [1.165, 1.54) is 11.1 Å². The van der Waals surface area contributed by atoms with E-state index in [-0.39, 0.29) is 42.6 Å². The number of carbonyl (C=O) groups is 3. The summed E-state index contributed by atoms with van der Waals surface area (Å²) in [6, 6.07) is 16.4. The van der Waals surface area contributed by atoms with Gasteiger partial charge < -0.3 is 20.5 Å². The van der Waals surface area contributed by atoms with Crippen LogP contribution in [0.4, 0.5) is 4.79 Å². The fourth-order valence-corrected chi connectivity index (χ4v) is 5.39. The molecule has 35 heavy (non-hydrogen) atoms. The number of alkyl carbamates (subject to hydrolysis) is 1. The first-order chi connectivity index (χ1) is 16.9. The summed E-state index contributed by atoms with van der Waals surface area (Å²) in [4.78, 5) is 36.1. The number of aliphatic carboxylic acids is 1. The fourth-order valence-electron chi connectivity index (χ4n) is 5.39. The molecule has 0 aliphatic heterocycles. The van der Waals surface area contributed by atoms with E-state index >= 15 is 0 Å². The molecule has 1 fully saturated rings. The average molecular weight is 479 g/mol. The SMILES string of the molecule is CC(CNC(=O)OCC1c2ccccc2-c2ccccc21)CC(=O)NC[C@H]1CCCC[C@H]1C(=O)O. The maximum Gasteiger partial charge on any atom is 0.407 e. The van der Waals surface area contributed by atoms with Gasteiger partial charge in [-0.25, -0.2) is 4.79 Å². The number of hydrogen-bond acceptors (Lipinski definition) is 4. The molecule has 1 saturated carbocycles. The van der Waals surface area contributed by atoms with Crippen molar-refractivity contribution < 1.29 is 24.2 Å². The third kappa shape index (κ3) is 6.02. The van der Waals surface area contributed by atoms with Gasteiger partial charge in [-0.3, -0.25) is 9.59 Å². The summed E-state index contributed by atoms with van der Waals surface area (Å²) in [5.41, 5.74) is 4.68. The van der Waals surface area contributed by atoms with Crippen molar-refractivity contribution in [2.24, 2.45) is 17.8 Å². The smallest absolute Gasteiger partial charge is 0.407 e. The largest absolute Gasteiger partial charge is 0.481 e. The zero-order chi connectivity index (χ0) is 24.8. The highest BCUT2D eigenvalue weighted by atomic mass is 16.5. The number of carboxylic acids is 1. The van der Waals surface area contributed by atoms with Crippen LogP contribution in [0.3, 0.4) is 0 Å². The third-order valence-corrected chi connectivity index (χ3v) is 7.26. The highest BCUT2D eigenvalue weighted by Crippen LogP contribution is 2.44. The number of ether oxygens (including phenoxy) is 1. The number of amides is 2. The molecule has 7 nitrogen and oxygen atoms in total. The van der Waals surface area contributed by atoms with Gasteiger partial charge in [0.05, 0.1) is 5.92 Å². The Morgan fingerprint density at radius 2 is 1.60 bits per heavy atom. The van der Waals surface area contributed by atoms with Crippen LogP contribution in [0.25, 0.3) is 11.1 Å². The van der Waals surface area contributed by atoms with E-state index in [9.17, 15) is 19.5 Å². The van der Waals surface area contributed by atoms with Crippen LogP contribution in [0, 0.1) is 17.8 Å². The van der Waals surface area contributed by atoms with Crippen molar-refractivity contribution in [2.75, 3.05) is 19.7 Å². The first-order valence-electron chi connectivity index (χ1n) is 12.5. The molecule has 2 aromatic carbocycles. The van der Waals surface area contributed by atoms with Gasteiger partial charge in [0.25, 0.3) is 0 Å². The Morgan fingerprint density at radius 1 is 0.971 bits per heavy atom. The van der Waals surface area contributed by atoms with Crippen molar-refractivity contribution in [3.05, 3.63) is 59.7 Å². The number of nitrogens with one attached hydrogen (secondary N) is 2. The molecule has 3 N–H and O–H groups in total. The van der Waals surface area contributed by atoms with Crippen molar-refractivity contribution in [3.8, 4) is 11.1 Å². The molecule has 2 aromatic rings. The lowest BCUT2D eigenvalue weighted by molar-refractivity contribution is -0.145. The molecular formula is C28H34N2O5. The van der Waals surface area contributed by atoms with E-state index in [1.54, 1.807) is 0 Å². The lowest BCUT2D eigenvalue weighted by atomic mass is 9.79. The molecule has 0 saturated heterocycles. The van der Waals surface area contributed by atoms with Gasteiger partial charge in [0.2, 0.25) is 5.91 Å². The Labute approximate surface area is 206 Å². The summed E-state index contributed by atoms with van der Waals surface area (Å²) in [6.07, 6.45) is 3.20. The topological polar surface area (TPSA) is 105 Å². The van der Waals surface area contributed by atoms with Crippen LogP contribution in [0.5, 0.6) is 0 Å². The fraction of sp³-hybridized carbons (Fsp3) is 0.464. The zero-order valence-corrected chi connectivity index (χ0v) is 20.2. The molecule has 1 unspecified atom stereocenters. The summed E-state index contributed by atoms with van der Waals surface area (Å²) >= 11 is 0. The van der Waals surface area contributed by atoms with Gasteiger partial charge in [-0.05, 0) is 46.9 Å². The standard InChI is InChI=1S/C28H34N2O5/c1-18(14-26(31)29-16-19-8-2-3-9-20(19)27(32)33)15-30-28(34)35-17-25-23-12-6-4-10-21(23)22-11-5-7-13-24(22)25/h4-7,10-13,18-20,25H,2-3,8-9,14-17H2,1H3,(H,29,31)(H,30,34)(H,32,33)/t18?,19-,20-/m1/s1. The summed E-state index contributed by atoms with van der Waals surface area (Å²) in [5.74, 6) is -1.36. The molecule has 186 valence electrons. The van der Waals surface area contributed by atoms with Gasteiger partial charge in [0.1, 0.15) is 6.61 Å². The molecule has 0 heterocycles. The minimum absolute atomic E-state index is 0.00534. The Hall–Kier alpha value is -3.35. The minimum atomic E-state index is -0.774. The van der Waals surface area contributed by atoms with Crippen LogP contribution in [-0.4, -0.2) is 42.8 Å². The monoisotopic (exact) mass is 478 g/mol. The Balaban J connectivity index is 1.19. The maximum absolute atomic E-state index is 12.4. The second-order valence-electron chi connectivity index (χ2n) is 9.81. The molecule has 3 atom stereocenters. The quantitative estimate of drug-likeness (QED) is 0.490. The van der Waals surface area contributed by atoms with Crippen LogP contribution in [-0.2, 0) is 14.3 Å². The average Bonchev–Trinajstić information content (AvgIpc) is 3.19. The van der Waals surface area contributed by atoms with E-state index in [4.69, 9.17) is 4.74 Å². The molecule has 4 rings (SSSR count). The van der Waals surface area contributed by atoms with Gasteiger partial charge >= 0.3 is 12.1 Å². The number of fused-ring (bicyclic) bond motifs is 3. The highest BCUT2D eigenvalue weighted by Gasteiger charge is 2.31. The van der Waals surface area contributed by atoms with E-state index in [0.29, 0.717) is 19.5 Å². The van der Waals surface area contributed by atoms with Gasteiger partial charge in [-0.15, -0.1) is 0 Å². The van der Waals surface area contributed by atoms with Gasteiger partial charge in [-0.1, -0.05) is 68.3 Å². The van der Waals surface area contributed by atoms with Crippen molar-refractivity contribution in [1.82, 2.24) is 10.6 Å². The first-order valence-corrected chi connectivity index (χ1v) is 12.5. The Kier molecular flexibility index (Phi) is 8.06. The van der Waals surface area contributed by atoms with Crippen molar-refractivity contribution >= 4 is 18.0 Å². The van der Waals surface area contributed by atoms with Gasteiger partial charge in [0.15, 0.2) is 0 Å². The lowest BCUT2D eigenvalue weighted by Gasteiger charge is -2.28. The molecule has 0 bridgehead atoms. The maximum atomic E-state index is 12.4. The second kappa shape index (κ2) is 11.4. The summed E-state index contributed by atoms with van der Waals surface area (Å²) in [5, 5.41) is 15.0. The second-order valence-corrected chi connectivity index (χ2v) is 9.81. The zero-order valence-electron chi connectivity index (χ0n) is 20.2. The van der Waals surface area contributed by atoms with Crippen LogP contribution >= 0.6 is 0 Å². The summed E-state index contributed by atoms with van der Waals surface area (Å²) < 4.78 is 5.55. The van der Waals surface area contributed by atoms with Gasteiger partial charge in [-0.2, -0.15) is 0 Å². The van der Waals surface area contributed by atoms with Crippen molar-refractivity contribution in [2.45, 2.75) is 44.9 Å². The molecule has 2 aliphatic rings. The summed E-state index contributed by atoms with van der Waals surface area (Å²) in [6.45, 7) is 2.86. The lowest BCUT2D eigenvalue weighted by Crippen LogP contribution is -2.38. The number of benzene rings is 2. The van der Waals surface area contributed by atoms with Crippen molar-refractivity contribution in [1.29, 1.82) is 0 Å². The molecule has 0 spiro atoms. The molecule has 0 aromatic heterocycles. The Morgan fingerprint density at radius 3 is 2.26 bits per heavy atom. The van der Waals surface area contributed by atoms with Crippen LogP contribution in [0.15, 0.2) is 48.5 Å². The number of carboxylic acid groups (broad SMARTS) is 1. The van der Waals surface area contributed by atoms with Crippen LogP contribution < -0.4 is 10.6 Å². The molecular weight excluding hydrogens is 444 g/mol. The number of hydrogen-bond donors (Lipinski definition) is 3. The molecule has 2 aliphatic carbocycles. The minimum Gasteiger partial charge on any atom is -0.481 e. The van der Waals surface area contributed by atoms with E-state index < -0.39 is 12.1 Å². The summed E-state index contributed by atoms with van der Waals surface area (Å²) in [7, 11) is 0.